The molecule has 0 heterocycles. The Morgan fingerprint density at radius 3 is 2.63 bits per heavy atom. The van der Waals surface area contributed by atoms with Crippen molar-refractivity contribution in [1.82, 2.24) is 0 Å². The molecule has 0 aliphatic heterocycles. The molecule has 0 unspecified atom stereocenters. The zero-order valence-electron chi connectivity index (χ0n) is 10.9. The van der Waals surface area contributed by atoms with Crippen LogP contribution in [0.1, 0.15) is 11.1 Å². The highest BCUT2D eigenvalue weighted by molar-refractivity contribution is 6.30. The molecule has 2 aromatic carbocycles. The van der Waals surface area contributed by atoms with Crippen LogP contribution in [0.5, 0.6) is 11.5 Å². The molecule has 0 spiro atoms. The molecule has 3 nitrogen and oxygen atoms in total. The minimum absolute atomic E-state index is 0.384. The number of benzene rings is 2. The Labute approximate surface area is 117 Å². The van der Waals surface area contributed by atoms with E-state index in [2.05, 4.69) is 0 Å². The summed E-state index contributed by atoms with van der Waals surface area (Å²) in [6.07, 6.45) is 0. The molecular formula is C15H16ClNO2. The van der Waals surface area contributed by atoms with Crippen LogP contribution < -0.4 is 15.2 Å². The van der Waals surface area contributed by atoms with E-state index in [1.165, 1.54) is 0 Å². The molecule has 4 heteroatoms. The normalized spacial score (nSPS) is 10.3. The Hall–Kier alpha value is -1.87. The van der Waals surface area contributed by atoms with Gasteiger partial charge < -0.3 is 15.2 Å². The number of aryl methyl sites for hydroxylation is 1. The predicted octanol–water partition coefficient (Wildman–Crippen LogP) is 3.82. The van der Waals surface area contributed by atoms with E-state index >= 15 is 0 Å². The monoisotopic (exact) mass is 277 g/mol. The highest BCUT2D eigenvalue weighted by Gasteiger charge is 2.06. The maximum absolute atomic E-state index is 5.96. The van der Waals surface area contributed by atoms with Crippen molar-refractivity contribution in [2.24, 2.45) is 0 Å². The second-order valence-electron chi connectivity index (χ2n) is 4.27. The van der Waals surface area contributed by atoms with Crippen molar-refractivity contribution in [2.45, 2.75) is 13.5 Å². The second kappa shape index (κ2) is 5.85. The minimum atomic E-state index is 0.384. The molecule has 0 saturated heterocycles. The topological polar surface area (TPSA) is 44.5 Å². The summed E-state index contributed by atoms with van der Waals surface area (Å²) in [7, 11) is 1.62. The number of ether oxygens (including phenoxy) is 2. The summed E-state index contributed by atoms with van der Waals surface area (Å²) in [5.74, 6) is 1.52. The number of nitrogens with two attached hydrogens (primary N) is 1. The Balaban J connectivity index is 2.18. The molecule has 0 atom stereocenters. The van der Waals surface area contributed by atoms with E-state index < -0.39 is 0 Å². The summed E-state index contributed by atoms with van der Waals surface area (Å²) in [6, 6.07) is 11.0. The van der Waals surface area contributed by atoms with E-state index in [9.17, 15) is 0 Å². The van der Waals surface area contributed by atoms with E-state index in [4.69, 9.17) is 26.8 Å². The van der Waals surface area contributed by atoms with Crippen LogP contribution >= 0.6 is 11.6 Å². The fourth-order valence-electron chi connectivity index (χ4n) is 1.80. The minimum Gasteiger partial charge on any atom is -0.496 e. The van der Waals surface area contributed by atoms with Crippen LogP contribution in [-0.2, 0) is 6.61 Å². The first-order valence-electron chi connectivity index (χ1n) is 5.91. The SMILES string of the molecule is COc1ccc(N)cc1COc1cc(Cl)ccc1C. The highest BCUT2D eigenvalue weighted by Crippen LogP contribution is 2.26. The third kappa shape index (κ3) is 3.32. The zero-order valence-corrected chi connectivity index (χ0v) is 11.7. The van der Waals surface area contributed by atoms with Crippen LogP contribution in [0.4, 0.5) is 5.69 Å². The number of rotatable bonds is 4. The number of hydrogen-bond acceptors (Lipinski definition) is 3. The average molecular weight is 278 g/mol. The van der Waals surface area contributed by atoms with E-state index in [0.717, 1.165) is 22.6 Å². The molecule has 0 aromatic heterocycles. The molecule has 0 amide bonds. The van der Waals surface area contributed by atoms with Crippen molar-refractivity contribution in [3.63, 3.8) is 0 Å². The summed E-state index contributed by atoms with van der Waals surface area (Å²) in [5, 5.41) is 0.653. The number of methoxy groups -OCH3 is 1. The van der Waals surface area contributed by atoms with Crippen LogP contribution in [0, 0.1) is 6.92 Å². The van der Waals surface area contributed by atoms with Crippen molar-refractivity contribution in [1.29, 1.82) is 0 Å². The van der Waals surface area contributed by atoms with Gasteiger partial charge in [0.2, 0.25) is 0 Å². The van der Waals surface area contributed by atoms with Gasteiger partial charge in [-0.15, -0.1) is 0 Å². The van der Waals surface area contributed by atoms with Crippen molar-refractivity contribution in [3.05, 3.63) is 52.5 Å². The van der Waals surface area contributed by atoms with Crippen molar-refractivity contribution in [3.8, 4) is 11.5 Å². The fraction of sp³-hybridized carbons (Fsp3) is 0.200. The first-order chi connectivity index (χ1) is 9.10. The van der Waals surface area contributed by atoms with Crippen LogP contribution in [0.2, 0.25) is 5.02 Å². The lowest BCUT2D eigenvalue weighted by atomic mass is 10.2. The van der Waals surface area contributed by atoms with Gasteiger partial charge in [0.15, 0.2) is 0 Å². The molecule has 0 fully saturated rings. The lowest BCUT2D eigenvalue weighted by molar-refractivity contribution is 0.295. The number of halogens is 1. The van der Waals surface area contributed by atoms with Crippen molar-refractivity contribution < 1.29 is 9.47 Å². The third-order valence-corrected chi connectivity index (χ3v) is 3.07. The summed E-state index contributed by atoms with van der Waals surface area (Å²) < 4.78 is 11.1. The Morgan fingerprint density at radius 2 is 1.89 bits per heavy atom. The lowest BCUT2D eigenvalue weighted by Gasteiger charge is -2.12. The zero-order chi connectivity index (χ0) is 13.8. The molecule has 0 saturated carbocycles. The van der Waals surface area contributed by atoms with Gasteiger partial charge >= 0.3 is 0 Å². The quantitative estimate of drug-likeness (QED) is 0.864. The molecular weight excluding hydrogens is 262 g/mol. The Morgan fingerprint density at radius 1 is 1.11 bits per heavy atom. The lowest BCUT2D eigenvalue weighted by Crippen LogP contribution is -2.01. The van der Waals surface area contributed by atoms with Gasteiger partial charge in [-0.25, -0.2) is 0 Å². The van der Waals surface area contributed by atoms with Gasteiger partial charge in [0, 0.05) is 16.3 Å². The first kappa shape index (κ1) is 13.6. The molecule has 2 aromatic rings. The number of nitrogen functional groups attached to an aromatic ring is 1. The van der Waals surface area contributed by atoms with Gasteiger partial charge in [0.05, 0.1) is 7.11 Å². The summed E-state index contributed by atoms with van der Waals surface area (Å²) in [4.78, 5) is 0. The molecule has 19 heavy (non-hydrogen) atoms. The van der Waals surface area contributed by atoms with Crippen molar-refractivity contribution in [2.75, 3.05) is 12.8 Å². The number of hydrogen-bond donors (Lipinski definition) is 1. The largest absolute Gasteiger partial charge is 0.496 e. The molecule has 0 bridgehead atoms. The van der Waals surface area contributed by atoms with Gasteiger partial charge in [0.25, 0.3) is 0 Å². The van der Waals surface area contributed by atoms with Gasteiger partial charge in [-0.1, -0.05) is 17.7 Å². The van der Waals surface area contributed by atoms with E-state index in [0.29, 0.717) is 17.3 Å². The molecule has 0 radical (unpaired) electrons. The maximum Gasteiger partial charge on any atom is 0.125 e. The predicted molar refractivity (Wildman–Crippen MR) is 77.9 cm³/mol. The van der Waals surface area contributed by atoms with Gasteiger partial charge in [-0.3, -0.25) is 0 Å². The summed E-state index contributed by atoms with van der Waals surface area (Å²) in [6.45, 7) is 2.36. The molecule has 2 rings (SSSR count). The fourth-order valence-corrected chi connectivity index (χ4v) is 1.96. The molecule has 0 aliphatic carbocycles. The highest BCUT2D eigenvalue weighted by atomic mass is 35.5. The average Bonchev–Trinajstić information content (AvgIpc) is 2.40. The van der Waals surface area contributed by atoms with Crippen LogP contribution in [-0.4, -0.2) is 7.11 Å². The molecule has 100 valence electrons. The van der Waals surface area contributed by atoms with Gasteiger partial charge in [-0.2, -0.15) is 0 Å². The Kier molecular flexibility index (Phi) is 4.17. The van der Waals surface area contributed by atoms with Gasteiger partial charge in [-0.05, 0) is 42.8 Å². The summed E-state index contributed by atoms with van der Waals surface area (Å²) in [5.41, 5.74) is 8.39. The maximum atomic E-state index is 5.96. The van der Waals surface area contributed by atoms with Crippen molar-refractivity contribution >= 4 is 17.3 Å². The third-order valence-electron chi connectivity index (χ3n) is 2.84. The van der Waals surface area contributed by atoms with Crippen LogP contribution in [0.25, 0.3) is 0 Å². The first-order valence-corrected chi connectivity index (χ1v) is 6.29. The Bertz CT molecular complexity index is 584. The van der Waals surface area contributed by atoms with E-state index in [1.54, 1.807) is 19.2 Å². The smallest absolute Gasteiger partial charge is 0.125 e. The summed E-state index contributed by atoms with van der Waals surface area (Å²) >= 11 is 5.96. The molecule has 0 aliphatic rings. The molecule has 2 N–H and O–H groups in total. The number of anilines is 1. The van der Waals surface area contributed by atoms with E-state index in [1.807, 2.05) is 31.2 Å². The standard InChI is InChI=1S/C15H16ClNO2/c1-10-3-4-12(16)8-15(10)19-9-11-7-13(17)5-6-14(11)18-2/h3-8H,9,17H2,1-2H3. The van der Waals surface area contributed by atoms with E-state index in [-0.39, 0.29) is 0 Å². The second-order valence-corrected chi connectivity index (χ2v) is 4.71. The van der Waals surface area contributed by atoms with Crippen LogP contribution in [0.3, 0.4) is 0 Å². The van der Waals surface area contributed by atoms with Crippen LogP contribution in [0.15, 0.2) is 36.4 Å². The van der Waals surface area contributed by atoms with Gasteiger partial charge in [0.1, 0.15) is 18.1 Å².